The van der Waals surface area contributed by atoms with Gasteiger partial charge in [-0.1, -0.05) is 6.07 Å². The molecule has 0 heterocycles. The SMILES string of the molecule is Cc1ccc(S(=O)(=O)Nc2ccc(C(=O)NCC(=O)OC(C)C)cc2)cc1[N+](=O)[O-]. The van der Waals surface area contributed by atoms with E-state index in [2.05, 4.69) is 10.0 Å². The molecule has 0 fully saturated rings. The number of hydrogen-bond acceptors (Lipinski definition) is 7. The van der Waals surface area contributed by atoms with Gasteiger partial charge in [-0.15, -0.1) is 0 Å². The van der Waals surface area contributed by atoms with E-state index in [4.69, 9.17) is 4.74 Å². The van der Waals surface area contributed by atoms with Gasteiger partial charge in [0.2, 0.25) is 0 Å². The van der Waals surface area contributed by atoms with Crippen LogP contribution in [0.4, 0.5) is 11.4 Å². The summed E-state index contributed by atoms with van der Waals surface area (Å²) >= 11 is 0. The molecular formula is C19H21N3O7S. The molecule has 0 bridgehead atoms. The van der Waals surface area contributed by atoms with Gasteiger partial charge in [-0.05, 0) is 51.1 Å². The van der Waals surface area contributed by atoms with Crippen molar-refractivity contribution in [2.75, 3.05) is 11.3 Å². The number of nitro benzene ring substituents is 1. The molecule has 2 N–H and O–H groups in total. The van der Waals surface area contributed by atoms with Gasteiger partial charge in [0.1, 0.15) is 6.54 Å². The third-order valence-electron chi connectivity index (χ3n) is 3.85. The fourth-order valence-corrected chi connectivity index (χ4v) is 3.49. The molecular weight excluding hydrogens is 414 g/mol. The lowest BCUT2D eigenvalue weighted by atomic mass is 10.2. The standard InChI is InChI=1S/C19H21N3O7S/c1-12(2)29-18(23)11-20-19(24)14-5-7-15(8-6-14)21-30(27,28)16-9-4-13(3)17(10-16)22(25)26/h4-10,12,21H,11H2,1-3H3,(H,20,24). The van der Waals surface area contributed by atoms with Crippen LogP contribution in [0.2, 0.25) is 0 Å². The fraction of sp³-hybridized carbons (Fsp3) is 0.263. The molecule has 0 aliphatic heterocycles. The van der Waals surface area contributed by atoms with Crippen molar-refractivity contribution in [2.24, 2.45) is 0 Å². The molecule has 0 aliphatic carbocycles. The van der Waals surface area contributed by atoms with E-state index in [9.17, 15) is 28.1 Å². The molecule has 2 rings (SSSR count). The van der Waals surface area contributed by atoms with Gasteiger partial charge in [-0.3, -0.25) is 24.4 Å². The molecule has 0 radical (unpaired) electrons. The highest BCUT2D eigenvalue weighted by atomic mass is 32.2. The van der Waals surface area contributed by atoms with Crippen molar-refractivity contribution in [3.05, 3.63) is 63.7 Å². The molecule has 0 aliphatic rings. The maximum atomic E-state index is 12.5. The second kappa shape index (κ2) is 9.35. The minimum Gasteiger partial charge on any atom is -0.462 e. The van der Waals surface area contributed by atoms with Crippen LogP contribution in [0.1, 0.15) is 29.8 Å². The summed E-state index contributed by atoms with van der Waals surface area (Å²) in [6.07, 6.45) is -0.295. The number of nitro groups is 1. The first-order chi connectivity index (χ1) is 14.0. The Balaban J connectivity index is 2.08. The van der Waals surface area contributed by atoms with E-state index in [0.29, 0.717) is 5.56 Å². The average molecular weight is 435 g/mol. The molecule has 0 saturated heterocycles. The summed E-state index contributed by atoms with van der Waals surface area (Å²) in [5, 5.41) is 13.4. The van der Waals surface area contributed by atoms with Crippen molar-refractivity contribution >= 4 is 33.3 Å². The summed E-state index contributed by atoms with van der Waals surface area (Å²) in [4.78, 5) is 33.6. The van der Waals surface area contributed by atoms with Gasteiger partial charge in [0.15, 0.2) is 0 Å². The lowest BCUT2D eigenvalue weighted by molar-refractivity contribution is -0.385. The summed E-state index contributed by atoms with van der Waals surface area (Å²) in [5.74, 6) is -1.10. The number of amides is 1. The van der Waals surface area contributed by atoms with E-state index < -0.39 is 26.8 Å². The number of nitrogens with one attached hydrogen (secondary N) is 2. The van der Waals surface area contributed by atoms with E-state index in [-0.39, 0.29) is 34.5 Å². The predicted molar refractivity (Wildman–Crippen MR) is 109 cm³/mol. The van der Waals surface area contributed by atoms with Crippen LogP contribution in [0.3, 0.4) is 0 Å². The smallest absolute Gasteiger partial charge is 0.325 e. The minimum absolute atomic E-state index is 0.161. The summed E-state index contributed by atoms with van der Waals surface area (Å²) in [7, 11) is -4.07. The molecule has 0 aromatic heterocycles. The van der Waals surface area contributed by atoms with Gasteiger partial charge < -0.3 is 10.1 Å². The van der Waals surface area contributed by atoms with Crippen molar-refractivity contribution < 1.29 is 27.7 Å². The van der Waals surface area contributed by atoms with Crippen LogP contribution in [-0.4, -0.2) is 37.9 Å². The Morgan fingerprint density at radius 1 is 1.13 bits per heavy atom. The zero-order valence-electron chi connectivity index (χ0n) is 16.5. The molecule has 2 aromatic rings. The maximum Gasteiger partial charge on any atom is 0.325 e. The van der Waals surface area contributed by atoms with Gasteiger partial charge in [-0.25, -0.2) is 8.42 Å². The number of nitrogens with zero attached hydrogens (tertiary/aromatic N) is 1. The summed E-state index contributed by atoms with van der Waals surface area (Å²) in [5.41, 5.74) is 0.405. The van der Waals surface area contributed by atoms with Crippen molar-refractivity contribution in [1.29, 1.82) is 0 Å². The summed E-state index contributed by atoms with van der Waals surface area (Å²) in [6.45, 7) is 4.59. The highest BCUT2D eigenvalue weighted by molar-refractivity contribution is 7.92. The fourth-order valence-electron chi connectivity index (χ4n) is 2.42. The van der Waals surface area contributed by atoms with Crippen LogP contribution >= 0.6 is 0 Å². The van der Waals surface area contributed by atoms with Crippen LogP contribution in [0.15, 0.2) is 47.4 Å². The quantitative estimate of drug-likeness (QED) is 0.368. The van der Waals surface area contributed by atoms with E-state index >= 15 is 0 Å². The monoisotopic (exact) mass is 435 g/mol. The Kier molecular flexibility index (Phi) is 7.11. The Bertz CT molecular complexity index is 1060. The average Bonchev–Trinajstić information content (AvgIpc) is 2.65. The highest BCUT2D eigenvalue weighted by Gasteiger charge is 2.20. The van der Waals surface area contributed by atoms with Crippen LogP contribution in [0.25, 0.3) is 0 Å². The van der Waals surface area contributed by atoms with Gasteiger partial charge in [-0.2, -0.15) is 0 Å². The zero-order chi connectivity index (χ0) is 22.5. The molecule has 0 saturated carbocycles. The van der Waals surface area contributed by atoms with Crippen molar-refractivity contribution in [3.63, 3.8) is 0 Å². The molecule has 0 unspecified atom stereocenters. The third kappa shape index (κ3) is 6.01. The van der Waals surface area contributed by atoms with Gasteiger partial charge in [0, 0.05) is 22.9 Å². The van der Waals surface area contributed by atoms with Crippen molar-refractivity contribution in [2.45, 2.75) is 31.8 Å². The van der Waals surface area contributed by atoms with Gasteiger partial charge >= 0.3 is 5.97 Å². The first-order valence-electron chi connectivity index (χ1n) is 8.85. The number of anilines is 1. The number of ether oxygens (including phenoxy) is 1. The number of carbonyl (C=O) groups is 2. The Morgan fingerprint density at radius 2 is 1.77 bits per heavy atom. The molecule has 2 aromatic carbocycles. The second-order valence-corrected chi connectivity index (χ2v) is 8.29. The first kappa shape index (κ1) is 22.8. The predicted octanol–water partition coefficient (Wildman–Crippen LogP) is 2.39. The van der Waals surface area contributed by atoms with Crippen molar-refractivity contribution in [1.82, 2.24) is 5.32 Å². The lowest BCUT2D eigenvalue weighted by Gasteiger charge is -2.10. The number of aryl methyl sites for hydroxylation is 1. The number of sulfonamides is 1. The van der Waals surface area contributed by atoms with Gasteiger partial charge in [0.05, 0.1) is 15.9 Å². The number of carbonyl (C=O) groups excluding carboxylic acids is 2. The number of benzene rings is 2. The minimum atomic E-state index is -4.07. The summed E-state index contributed by atoms with van der Waals surface area (Å²) < 4.78 is 32.2. The molecule has 10 nitrogen and oxygen atoms in total. The third-order valence-corrected chi connectivity index (χ3v) is 5.23. The molecule has 30 heavy (non-hydrogen) atoms. The molecule has 160 valence electrons. The normalized spacial score (nSPS) is 11.1. The Hall–Kier alpha value is -3.47. The van der Waals surface area contributed by atoms with Gasteiger partial charge in [0.25, 0.3) is 21.6 Å². The summed E-state index contributed by atoms with van der Waals surface area (Å²) in [6, 6.07) is 9.07. The first-order valence-corrected chi connectivity index (χ1v) is 10.3. The van der Waals surface area contributed by atoms with E-state index in [1.54, 1.807) is 13.8 Å². The second-order valence-electron chi connectivity index (χ2n) is 6.61. The lowest BCUT2D eigenvalue weighted by Crippen LogP contribution is -2.31. The molecule has 0 atom stereocenters. The molecule has 11 heteroatoms. The van der Waals surface area contributed by atoms with E-state index in [1.807, 2.05) is 0 Å². The van der Waals surface area contributed by atoms with Crippen LogP contribution in [0, 0.1) is 17.0 Å². The van der Waals surface area contributed by atoms with Crippen molar-refractivity contribution in [3.8, 4) is 0 Å². The number of hydrogen-bond donors (Lipinski definition) is 2. The topological polar surface area (TPSA) is 145 Å². The van der Waals surface area contributed by atoms with Crippen LogP contribution < -0.4 is 10.0 Å². The number of esters is 1. The van der Waals surface area contributed by atoms with Crippen LogP contribution in [-0.2, 0) is 19.6 Å². The Labute approximate surface area is 173 Å². The van der Waals surface area contributed by atoms with Crippen LogP contribution in [0.5, 0.6) is 0 Å². The zero-order valence-corrected chi connectivity index (χ0v) is 17.4. The van der Waals surface area contributed by atoms with E-state index in [0.717, 1.165) is 6.07 Å². The molecule has 0 spiro atoms. The maximum absolute atomic E-state index is 12.5. The highest BCUT2D eigenvalue weighted by Crippen LogP contribution is 2.24. The largest absolute Gasteiger partial charge is 0.462 e. The molecule has 1 amide bonds. The Morgan fingerprint density at radius 3 is 2.33 bits per heavy atom. The van der Waals surface area contributed by atoms with E-state index in [1.165, 1.54) is 43.3 Å². The number of rotatable bonds is 8.